The van der Waals surface area contributed by atoms with E-state index in [0.717, 1.165) is 0 Å². The summed E-state index contributed by atoms with van der Waals surface area (Å²) >= 11 is 0. The molecular formula is C7H6O3Si. The molecule has 0 aliphatic heterocycles. The van der Waals surface area contributed by atoms with Crippen molar-refractivity contribution in [3.05, 3.63) is 29.8 Å². The van der Waals surface area contributed by atoms with Crippen LogP contribution in [-0.2, 0) is 0 Å². The van der Waals surface area contributed by atoms with E-state index in [1.165, 1.54) is 12.1 Å². The normalized spacial score (nSPS) is 8.36. The second-order valence-electron chi connectivity index (χ2n) is 1.82. The van der Waals surface area contributed by atoms with Crippen molar-refractivity contribution in [2.24, 2.45) is 0 Å². The zero-order chi connectivity index (χ0) is 7.56. The number of carboxylic acid groups (broad SMARTS) is 1. The van der Waals surface area contributed by atoms with E-state index in [9.17, 15) is 4.79 Å². The van der Waals surface area contributed by atoms with E-state index in [2.05, 4.69) is 0 Å². The van der Waals surface area contributed by atoms with Crippen LogP contribution in [0.15, 0.2) is 24.3 Å². The van der Waals surface area contributed by atoms with E-state index in [4.69, 9.17) is 10.2 Å². The van der Waals surface area contributed by atoms with Gasteiger partial charge >= 0.3 is 5.97 Å². The lowest BCUT2D eigenvalue weighted by Gasteiger charge is -1.95. The Labute approximate surface area is 68.3 Å². The van der Waals surface area contributed by atoms with Gasteiger partial charge in [0.1, 0.15) is 11.3 Å². The molecule has 4 radical (unpaired) electrons. The fourth-order valence-corrected chi connectivity index (χ4v) is 0.654. The minimum absolute atomic E-state index is 0. The standard InChI is InChI=1S/C7H6O3.Si/c8-6-4-2-1-3-5(6)7(9)10;/h1-4,8H,(H,9,10);. The number of carbonyl (C=O) groups is 1. The summed E-state index contributed by atoms with van der Waals surface area (Å²) in [5.74, 6) is -1.31. The molecule has 0 saturated heterocycles. The van der Waals surface area contributed by atoms with Gasteiger partial charge in [-0.3, -0.25) is 0 Å². The Kier molecular flexibility index (Phi) is 3.33. The van der Waals surface area contributed by atoms with Gasteiger partial charge < -0.3 is 10.2 Å². The summed E-state index contributed by atoms with van der Waals surface area (Å²) in [6.07, 6.45) is 0. The molecule has 0 aliphatic rings. The number of para-hydroxylation sites is 1. The highest BCUT2D eigenvalue weighted by Crippen LogP contribution is 2.14. The minimum Gasteiger partial charge on any atom is -0.507 e. The second kappa shape index (κ2) is 3.77. The molecule has 56 valence electrons. The van der Waals surface area contributed by atoms with Crippen molar-refractivity contribution in [1.82, 2.24) is 0 Å². The SMILES string of the molecule is O=C(O)c1ccccc1O.[Si]. The van der Waals surface area contributed by atoms with Gasteiger partial charge in [-0.05, 0) is 12.1 Å². The highest BCUT2D eigenvalue weighted by molar-refractivity contribution is 5.90. The van der Waals surface area contributed by atoms with Gasteiger partial charge in [-0.15, -0.1) is 0 Å². The van der Waals surface area contributed by atoms with Gasteiger partial charge in [-0.25, -0.2) is 4.79 Å². The summed E-state index contributed by atoms with van der Waals surface area (Å²) in [5.41, 5.74) is -0.0671. The van der Waals surface area contributed by atoms with Gasteiger partial charge in [0.25, 0.3) is 0 Å². The van der Waals surface area contributed by atoms with Crippen LogP contribution in [0.2, 0.25) is 0 Å². The zero-order valence-electron chi connectivity index (χ0n) is 5.61. The zero-order valence-corrected chi connectivity index (χ0v) is 6.61. The van der Waals surface area contributed by atoms with Gasteiger partial charge in [0.2, 0.25) is 0 Å². The van der Waals surface area contributed by atoms with E-state index >= 15 is 0 Å². The third-order valence-electron chi connectivity index (χ3n) is 1.13. The molecule has 2 N–H and O–H groups in total. The predicted octanol–water partition coefficient (Wildman–Crippen LogP) is 0.710. The van der Waals surface area contributed by atoms with Gasteiger partial charge in [0, 0.05) is 11.0 Å². The third kappa shape index (κ3) is 2.08. The predicted molar refractivity (Wildman–Crippen MR) is 40.8 cm³/mol. The van der Waals surface area contributed by atoms with Crippen LogP contribution in [0, 0.1) is 0 Å². The first-order chi connectivity index (χ1) is 4.72. The molecule has 0 aliphatic carbocycles. The smallest absolute Gasteiger partial charge is 0.339 e. The number of rotatable bonds is 1. The molecule has 1 aromatic rings. The van der Waals surface area contributed by atoms with Gasteiger partial charge in [-0.2, -0.15) is 0 Å². The lowest BCUT2D eigenvalue weighted by atomic mass is 10.2. The highest BCUT2D eigenvalue weighted by atomic mass is 28.1. The van der Waals surface area contributed by atoms with Gasteiger partial charge in [0.05, 0.1) is 0 Å². The number of carboxylic acids is 1. The third-order valence-corrected chi connectivity index (χ3v) is 1.13. The molecule has 3 nitrogen and oxygen atoms in total. The summed E-state index contributed by atoms with van der Waals surface area (Å²) < 4.78 is 0. The Morgan fingerprint density at radius 1 is 1.27 bits per heavy atom. The summed E-state index contributed by atoms with van der Waals surface area (Å²) in [4.78, 5) is 10.3. The van der Waals surface area contributed by atoms with E-state index in [-0.39, 0.29) is 22.3 Å². The Bertz CT molecular complexity index is 260. The maximum atomic E-state index is 10.3. The van der Waals surface area contributed by atoms with E-state index < -0.39 is 5.97 Å². The van der Waals surface area contributed by atoms with Crippen molar-refractivity contribution in [2.75, 3.05) is 0 Å². The van der Waals surface area contributed by atoms with E-state index in [1.54, 1.807) is 12.1 Å². The number of hydrogen-bond donors (Lipinski definition) is 2. The lowest BCUT2D eigenvalue weighted by Crippen LogP contribution is -1.95. The first-order valence-electron chi connectivity index (χ1n) is 2.73. The summed E-state index contributed by atoms with van der Waals surface area (Å²) in [6, 6.07) is 5.81. The molecule has 0 fully saturated rings. The molecular weight excluding hydrogens is 160 g/mol. The van der Waals surface area contributed by atoms with Crippen molar-refractivity contribution in [3.63, 3.8) is 0 Å². The Balaban J connectivity index is 0.000001000. The largest absolute Gasteiger partial charge is 0.507 e. The topological polar surface area (TPSA) is 57.5 Å². The number of aromatic hydroxyl groups is 1. The summed E-state index contributed by atoms with van der Waals surface area (Å²) in [7, 11) is 0. The molecule has 11 heavy (non-hydrogen) atoms. The number of phenols is 1. The molecule has 0 atom stereocenters. The van der Waals surface area contributed by atoms with Gasteiger partial charge in [-0.1, -0.05) is 12.1 Å². The Hall–Kier alpha value is -1.29. The fraction of sp³-hybridized carbons (Fsp3) is 0. The highest BCUT2D eigenvalue weighted by Gasteiger charge is 2.05. The maximum absolute atomic E-state index is 10.3. The monoisotopic (exact) mass is 166 g/mol. The molecule has 0 saturated carbocycles. The van der Waals surface area contributed by atoms with Crippen LogP contribution in [0.25, 0.3) is 0 Å². The van der Waals surface area contributed by atoms with Crippen molar-refractivity contribution >= 4 is 16.9 Å². The molecule has 0 spiro atoms. The van der Waals surface area contributed by atoms with Crippen molar-refractivity contribution in [2.45, 2.75) is 0 Å². The lowest BCUT2D eigenvalue weighted by molar-refractivity contribution is 0.0694. The van der Waals surface area contributed by atoms with Crippen LogP contribution in [0.1, 0.15) is 10.4 Å². The van der Waals surface area contributed by atoms with Crippen LogP contribution >= 0.6 is 0 Å². The molecule has 1 rings (SSSR count). The number of aromatic carboxylic acids is 1. The van der Waals surface area contributed by atoms with Crippen molar-refractivity contribution < 1.29 is 15.0 Å². The van der Waals surface area contributed by atoms with Crippen LogP contribution < -0.4 is 0 Å². The van der Waals surface area contributed by atoms with Crippen LogP contribution in [0.5, 0.6) is 5.75 Å². The average molecular weight is 166 g/mol. The molecule has 0 aromatic heterocycles. The number of hydrogen-bond acceptors (Lipinski definition) is 2. The van der Waals surface area contributed by atoms with E-state index in [1.807, 2.05) is 0 Å². The molecule has 4 heteroatoms. The average Bonchev–Trinajstić information content (AvgIpc) is 1.88. The van der Waals surface area contributed by atoms with Crippen molar-refractivity contribution in [3.8, 4) is 5.75 Å². The summed E-state index contributed by atoms with van der Waals surface area (Å²) in [6.45, 7) is 0. The maximum Gasteiger partial charge on any atom is 0.339 e. The first-order valence-corrected chi connectivity index (χ1v) is 2.73. The van der Waals surface area contributed by atoms with Crippen LogP contribution in [-0.4, -0.2) is 27.1 Å². The molecule has 0 unspecified atom stereocenters. The van der Waals surface area contributed by atoms with Crippen LogP contribution in [0.3, 0.4) is 0 Å². The molecule has 0 bridgehead atoms. The fourth-order valence-electron chi connectivity index (χ4n) is 0.654. The molecule has 1 aromatic carbocycles. The first kappa shape index (κ1) is 9.71. The second-order valence-corrected chi connectivity index (χ2v) is 1.82. The van der Waals surface area contributed by atoms with Gasteiger partial charge in [0.15, 0.2) is 0 Å². The quantitative estimate of drug-likeness (QED) is 0.604. The van der Waals surface area contributed by atoms with E-state index in [0.29, 0.717) is 0 Å². The minimum atomic E-state index is -1.11. The Morgan fingerprint density at radius 2 is 1.82 bits per heavy atom. The summed E-state index contributed by atoms with van der Waals surface area (Å²) in [5, 5.41) is 17.3. The van der Waals surface area contributed by atoms with Crippen LogP contribution in [0.4, 0.5) is 0 Å². The number of benzene rings is 1. The molecule has 0 heterocycles. The molecule has 0 amide bonds. The van der Waals surface area contributed by atoms with Crippen molar-refractivity contribution in [1.29, 1.82) is 0 Å². The Morgan fingerprint density at radius 3 is 2.18 bits per heavy atom.